The van der Waals surface area contributed by atoms with E-state index in [2.05, 4.69) is 0 Å². The van der Waals surface area contributed by atoms with Gasteiger partial charge in [-0.15, -0.1) is 0 Å². The maximum absolute atomic E-state index is 12.7. The lowest BCUT2D eigenvalue weighted by Crippen LogP contribution is -3.10. The van der Waals surface area contributed by atoms with Gasteiger partial charge in [0.05, 0.1) is 31.1 Å². The Balaban J connectivity index is 1.70. The van der Waals surface area contributed by atoms with Crippen molar-refractivity contribution in [2.45, 2.75) is 11.8 Å². The highest BCUT2D eigenvalue weighted by Gasteiger charge is 2.30. The number of nitrogens with one attached hydrogen (secondary N) is 1. The third kappa shape index (κ3) is 3.39. The summed E-state index contributed by atoms with van der Waals surface area (Å²) in [6.45, 7) is 4.36. The van der Waals surface area contributed by atoms with Gasteiger partial charge < -0.3 is 10.0 Å². The molecule has 0 aliphatic carbocycles. The molecule has 0 radical (unpaired) electrons. The molecule has 0 saturated carbocycles. The maximum Gasteiger partial charge on any atom is 0.243 e. The van der Waals surface area contributed by atoms with E-state index in [0.717, 1.165) is 24.3 Å². The molecule has 6 heteroatoms. The van der Waals surface area contributed by atoms with E-state index in [-0.39, 0.29) is 5.75 Å². The van der Waals surface area contributed by atoms with Crippen molar-refractivity contribution in [1.29, 1.82) is 0 Å². The smallest absolute Gasteiger partial charge is 0.243 e. The number of quaternary nitrogens is 1. The summed E-state index contributed by atoms with van der Waals surface area (Å²) in [6.07, 6.45) is 0. The van der Waals surface area contributed by atoms with Crippen LogP contribution in [0.4, 0.5) is 5.69 Å². The van der Waals surface area contributed by atoms with Crippen LogP contribution in [0.5, 0.6) is 5.75 Å². The summed E-state index contributed by atoms with van der Waals surface area (Å²) < 4.78 is 26.9. The molecule has 122 valence electrons. The molecule has 1 aliphatic heterocycles. The van der Waals surface area contributed by atoms with Crippen molar-refractivity contribution >= 4 is 15.7 Å². The fourth-order valence-corrected chi connectivity index (χ4v) is 4.28. The van der Waals surface area contributed by atoms with Gasteiger partial charge in [0.25, 0.3) is 0 Å². The maximum atomic E-state index is 12.7. The van der Waals surface area contributed by atoms with Crippen LogP contribution >= 0.6 is 0 Å². The van der Waals surface area contributed by atoms with Crippen LogP contribution in [0.2, 0.25) is 0 Å². The molecule has 1 fully saturated rings. The molecule has 0 bridgehead atoms. The third-order valence-electron chi connectivity index (χ3n) is 4.26. The number of aromatic hydroxyl groups is 1. The van der Waals surface area contributed by atoms with Gasteiger partial charge >= 0.3 is 0 Å². The van der Waals surface area contributed by atoms with Gasteiger partial charge in [-0.2, -0.15) is 4.31 Å². The Morgan fingerprint density at radius 2 is 1.52 bits per heavy atom. The van der Waals surface area contributed by atoms with Gasteiger partial charge in [0.1, 0.15) is 11.4 Å². The summed E-state index contributed by atoms with van der Waals surface area (Å²) in [6, 6.07) is 14.1. The zero-order chi connectivity index (χ0) is 16.4. The van der Waals surface area contributed by atoms with Crippen LogP contribution in [0.25, 0.3) is 0 Å². The zero-order valence-electron chi connectivity index (χ0n) is 13.1. The van der Waals surface area contributed by atoms with Gasteiger partial charge in [-0.25, -0.2) is 8.42 Å². The number of benzene rings is 2. The van der Waals surface area contributed by atoms with Crippen molar-refractivity contribution in [1.82, 2.24) is 4.31 Å². The molecule has 2 N–H and O–H groups in total. The number of sulfonamides is 1. The molecular weight excluding hydrogens is 312 g/mol. The summed E-state index contributed by atoms with van der Waals surface area (Å²) in [7, 11) is -3.41. The monoisotopic (exact) mass is 333 g/mol. The van der Waals surface area contributed by atoms with Crippen LogP contribution in [-0.2, 0) is 10.0 Å². The van der Waals surface area contributed by atoms with Crippen LogP contribution in [0.15, 0.2) is 53.4 Å². The van der Waals surface area contributed by atoms with Crippen LogP contribution in [0, 0.1) is 6.92 Å². The molecular formula is C17H21N2O3S+. The van der Waals surface area contributed by atoms with E-state index in [9.17, 15) is 13.5 Å². The Hall–Kier alpha value is -1.89. The topological polar surface area (TPSA) is 62.0 Å². The minimum Gasteiger partial charge on any atom is -0.508 e. The molecule has 0 spiro atoms. The molecule has 0 atom stereocenters. The average Bonchev–Trinajstić information content (AvgIpc) is 2.56. The minimum absolute atomic E-state index is 0.244. The molecule has 1 saturated heterocycles. The van der Waals surface area contributed by atoms with Crippen LogP contribution in [0.3, 0.4) is 0 Å². The van der Waals surface area contributed by atoms with E-state index >= 15 is 0 Å². The van der Waals surface area contributed by atoms with Gasteiger partial charge in [0, 0.05) is 12.1 Å². The molecule has 1 heterocycles. The van der Waals surface area contributed by atoms with Crippen molar-refractivity contribution in [3.05, 3.63) is 54.1 Å². The SMILES string of the molecule is Cc1ccc(S(=O)(=O)N2CC[NH+](c3ccc(O)cc3)CC2)cc1. The molecule has 23 heavy (non-hydrogen) atoms. The van der Waals surface area contributed by atoms with Crippen molar-refractivity contribution in [2.24, 2.45) is 0 Å². The number of piperazine rings is 1. The Labute approximate surface area is 136 Å². The van der Waals surface area contributed by atoms with Gasteiger partial charge in [-0.3, -0.25) is 0 Å². The second-order valence-corrected chi connectivity index (χ2v) is 7.81. The van der Waals surface area contributed by atoms with E-state index in [4.69, 9.17) is 0 Å². The third-order valence-corrected chi connectivity index (χ3v) is 6.17. The minimum atomic E-state index is -3.41. The summed E-state index contributed by atoms with van der Waals surface area (Å²) in [5.74, 6) is 0.244. The highest BCUT2D eigenvalue weighted by atomic mass is 32.2. The largest absolute Gasteiger partial charge is 0.508 e. The molecule has 0 aromatic heterocycles. The second-order valence-electron chi connectivity index (χ2n) is 5.87. The van der Waals surface area contributed by atoms with Crippen LogP contribution < -0.4 is 4.90 Å². The lowest BCUT2D eigenvalue weighted by atomic mass is 10.2. The van der Waals surface area contributed by atoms with Crippen molar-refractivity contribution in [2.75, 3.05) is 26.2 Å². The first-order valence-corrected chi connectivity index (χ1v) is 9.12. The normalized spacial score (nSPS) is 17.3. The second kappa shape index (κ2) is 6.31. The number of phenolic OH excluding ortho intramolecular Hbond substituents is 1. The number of nitrogens with zero attached hydrogens (tertiary/aromatic N) is 1. The number of hydrogen-bond donors (Lipinski definition) is 2. The van der Waals surface area contributed by atoms with Crippen LogP contribution in [-0.4, -0.2) is 44.0 Å². The van der Waals surface area contributed by atoms with Crippen molar-refractivity contribution < 1.29 is 18.4 Å². The van der Waals surface area contributed by atoms with E-state index in [0.29, 0.717) is 18.0 Å². The van der Waals surface area contributed by atoms with Gasteiger partial charge in [-0.1, -0.05) is 17.7 Å². The number of phenols is 1. The zero-order valence-corrected chi connectivity index (χ0v) is 13.9. The lowest BCUT2D eigenvalue weighted by Gasteiger charge is -2.31. The fourth-order valence-electron chi connectivity index (χ4n) is 2.84. The summed E-state index contributed by atoms with van der Waals surface area (Å²) in [4.78, 5) is 1.59. The predicted molar refractivity (Wildman–Crippen MR) is 88.4 cm³/mol. The summed E-state index contributed by atoms with van der Waals surface area (Å²) >= 11 is 0. The Morgan fingerprint density at radius 3 is 2.09 bits per heavy atom. The molecule has 2 aromatic rings. The highest BCUT2D eigenvalue weighted by Crippen LogP contribution is 2.17. The van der Waals surface area contributed by atoms with E-state index in [1.54, 1.807) is 28.6 Å². The van der Waals surface area contributed by atoms with E-state index in [1.807, 2.05) is 31.2 Å². The van der Waals surface area contributed by atoms with Gasteiger partial charge in [0.15, 0.2) is 0 Å². The quantitative estimate of drug-likeness (QED) is 0.821. The molecule has 0 amide bonds. The molecule has 5 nitrogen and oxygen atoms in total. The number of hydrogen-bond acceptors (Lipinski definition) is 3. The lowest BCUT2D eigenvalue weighted by molar-refractivity contribution is -0.837. The predicted octanol–water partition coefficient (Wildman–Crippen LogP) is 0.922. The molecule has 3 rings (SSSR count). The molecule has 1 aliphatic rings. The average molecular weight is 333 g/mol. The van der Waals surface area contributed by atoms with Gasteiger partial charge in [-0.05, 0) is 31.2 Å². The number of aryl methyl sites for hydroxylation is 1. The fraction of sp³-hybridized carbons (Fsp3) is 0.294. The van der Waals surface area contributed by atoms with Crippen molar-refractivity contribution in [3.63, 3.8) is 0 Å². The summed E-state index contributed by atoms with van der Waals surface area (Å²) in [5, 5.41) is 9.35. The first-order valence-electron chi connectivity index (χ1n) is 7.68. The number of rotatable bonds is 3. The van der Waals surface area contributed by atoms with Gasteiger partial charge in [0.2, 0.25) is 10.0 Å². The molecule has 2 aromatic carbocycles. The van der Waals surface area contributed by atoms with E-state index in [1.165, 1.54) is 4.90 Å². The van der Waals surface area contributed by atoms with Crippen molar-refractivity contribution in [3.8, 4) is 5.75 Å². The first-order chi connectivity index (χ1) is 11.0. The Morgan fingerprint density at radius 1 is 0.957 bits per heavy atom. The van der Waals surface area contributed by atoms with E-state index < -0.39 is 10.0 Å². The summed E-state index contributed by atoms with van der Waals surface area (Å²) in [5.41, 5.74) is 2.13. The Bertz CT molecular complexity index is 762. The van der Waals surface area contributed by atoms with Crippen LogP contribution in [0.1, 0.15) is 5.56 Å². The first kappa shape index (κ1) is 16.0. The highest BCUT2D eigenvalue weighted by molar-refractivity contribution is 7.89. The standard InChI is InChI=1S/C17H20N2O3S/c1-14-2-8-17(9-3-14)23(21,22)19-12-10-18(11-13-19)15-4-6-16(20)7-5-15/h2-9,20H,10-13H2,1H3/p+1. The molecule has 0 unspecified atom stereocenters. The Kier molecular flexibility index (Phi) is 4.39.